The second-order valence-electron chi connectivity index (χ2n) is 4.61. The van der Waals surface area contributed by atoms with Gasteiger partial charge in [0, 0.05) is 28.3 Å². The lowest BCUT2D eigenvalue weighted by Gasteiger charge is -2.16. The molecule has 1 N–H and O–H groups in total. The molecule has 0 aliphatic carbocycles. The van der Waals surface area contributed by atoms with Crippen LogP contribution in [0.4, 0.5) is 0 Å². The Labute approximate surface area is 105 Å². The minimum Gasteiger partial charge on any atom is -0.497 e. The van der Waals surface area contributed by atoms with Gasteiger partial charge in [0.05, 0.1) is 7.11 Å². The summed E-state index contributed by atoms with van der Waals surface area (Å²) < 4.78 is 17.0. The fourth-order valence-electron chi connectivity index (χ4n) is 2.08. The fraction of sp³-hybridized carbons (Fsp3) is 0.538. The van der Waals surface area contributed by atoms with Crippen LogP contribution < -0.4 is 10.1 Å². The largest absolute Gasteiger partial charge is 0.497 e. The number of methoxy groups -OCH3 is 1. The molecule has 1 aliphatic heterocycles. The number of nitrogens with one attached hydrogen (secondary N) is 1. The summed E-state index contributed by atoms with van der Waals surface area (Å²) in [4.78, 5) is 0. The monoisotopic (exact) mass is 253 g/mol. The van der Waals surface area contributed by atoms with E-state index in [9.17, 15) is 4.21 Å². The summed E-state index contributed by atoms with van der Waals surface area (Å²) in [6, 6.07) is 8.20. The molecule has 0 radical (unpaired) electrons. The molecule has 17 heavy (non-hydrogen) atoms. The summed E-state index contributed by atoms with van der Waals surface area (Å²) >= 11 is 0. The molecule has 94 valence electrons. The van der Waals surface area contributed by atoms with E-state index < -0.39 is 10.8 Å². The standard InChI is InChI=1S/C13H19NO2S/c1-10-7-14-13(9-17(15)8-10)11-3-5-12(16-2)6-4-11/h3-6,10,13-14H,7-9H2,1-2H3. The van der Waals surface area contributed by atoms with Gasteiger partial charge in [0.2, 0.25) is 0 Å². The molecule has 0 bridgehead atoms. The predicted octanol–water partition coefficient (Wildman–Crippen LogP) is 1.72. The molecule has 1 fully saturated rings. The van der Waals surface area contributed by atoms with Gasteiger partial charge in [-0.25, -0.2) is 0 Å². The number of rotatable bonds is 2. The van der Waals surface area contributed by atoms with E-state index in [1.807, 2.05) is 24.3 Å². The highest BCUT2D eigenvalue weighted by Crippen LogP contribution is 2.21. The van der Waals surface area contributed by atoms with Gasteiger partial charge in [-0.3, -0.25) is 4.21 Å². The Balaban J connectivity index is 2.12. The Kier molecular flexibility index (Phi) is 4.18. The molecular weight excluding hydrogens is 234 g/mol. The van der Waals surface area contributed by atoms with Crippen LogP contribution in [-0.4, -0.2) is 29.4 Å². The summed E-state index contributed by atoms with van der Waals surface area (Å²) in [7, 11) is 0.943. The molecule has 3 nitrogen and oxygen atoms in total. The Morgan fingerprint density at radius 3 is 2.65 bits per heavy atom. The lowest BCUT2D eigenvalue weighted by Crippen LogP contribution is -2.25. The molecule has 1 heterocycles. The van der Waals surface area contributed by atoms with Crippen molar-refractivity contribution in [1.29, 1.82) is 0 Å². The average Bonchev–Trinajstić information content (AvgIpc) is 2.50. The lowest BCUT2D eigenvalue weighted by molar-refractivity contribution is 0.414. The zero-order valence-corrected chi connectivity index (χ0v) is 11.1. The normalized spacial score (nSPS) is 29.6. The van der Waals surface area contributed by atoms with Crippen LogP contribution in [-0.2, 0) is 10.8 Å². The van der Waals surface area contributed by atoms with Gasteiger partial charge >= 0.3 is 0 Å². The van der Waals surface area contributed by atoms with E-state index in [-0.39, 0.29) is 6.04 Å². The molecule has 3 atom stereocenters. The van der Waals surface area contributed by atoms with Crippen LogP contribution in [0.2, 0.25) is 0 Å². The third-order valence-corrected chi connectivity index (χ3v) is 4.70. The van der Waals surface area contributed by atoms with Gasteiger partial charge in [-0.15, -0.1) is 0 Å². The highest BCUT2D eigenvalue weighted by Gasteiger charge is 2.21. The van der Waals surface area contributed by atoms with Gasteiger partial charge in [0.15, 0.2) is 0 Å². The maximum absolute atomic E-state index is 11.8. The molecule has 3 unspecified atom stereocenters. The Hall–Kier alpha value is -0.870. The minimum atomic E-state index is -0.719. The van der Waals surface area contributed by atoms with Crippen molar-refractivity contribution in [3.63, 3.8) is 0 Å². The van der Waals surface area contributed by atoms with Gasteiger partial charge in [0.25, 0.3) is 0 Å². The van der Waals surface area contributed by atoms with E-state index in [1.54, 1.807) is 7.11 Å². The van der Waals surface area contributed by atoms with Crippen LogP contribution in [0.1, 0.15) is 18.5 Å². The quantitative estimate of drug-likeness (QED) is 0.872. The third-order valence-electron chi connectivity index (χ3n) is 3.05. The second-order valence-corrected chi connectivity index (χ2v) is 6.16. The molecule has 1 aromatic rings. The first kappa shape index (κ1) is 12.6. The van der Waals surface area contributed by atoms with Gasteiger partial charge < -0.3 is 10.1 Å². The van der Waals surface area contributed by atoms with E-state index in [0.29, 0.717) is 11.7 Å². The Bertz CT molecular complexity index is 391. The van der Waals surface area contributed by atoms with Crippen molar-refractivity contribution >= 4 is 10.8 Å². The lowest BCUT2D eigenvalue weighted by atomic mass is 10.1. The maximum Gasteiger partial charge on any atom is 0.118 e. The smallest absolute Gasteiger partial charge is 0.118 e. The van der Waals surface area contributed by atoms with E-state index in [1.165, 1.54) is 5.56 Å². The van der Waals surface area contributed by atoms with Crippen LogP contribution in [0.3, 0.4) is 0 Å². The van der Waals surface area contributed by atoms with Gasteiger partial charge in [-0.05, 0) is 30.2 Å². The van der Waals surface area contributed by atoms with Crippen molar-refractivity contribution in [2.45, 2.75) is 13.0 Å². The predicted molar refractivity (Wildman–Crippen MR) is 70.8 cm³/mol. The fourth-order valence-corrected chi connectivity index (χ4v) is 3.65. The molecule has 0 saturated carbocycles. The van der Waals surface area contributed by atoms with Crippen LogP contribution in [0, 0.1) is 5.92 Å². The Morgan fingerprint density at radius 1 is 1.29 bits per heavy atom. The molecule has 1 aliphatic rings. The molecule has 2 rings (SSSR count). The number of hydrogen-bond donors (Lipinski definition) is 1. The first-order chi connectivity index (χ1) is 8.19. The number of hydrogen-bond acceptors (Lipinski definition) is 3. The molecule has 1 aromatic carbocycles. The van der Waals surface area contributed by atoms with Crippen molar-refractivity contribution in [2.75, 3.05) is 25.2 Å². The zero-order chi connectivity index (χ0) is 12.3. The van der Waals surface area contributed by atoms with Crippen LogP contribution in [0.15, 0.2) is 24.3 Å². The van der Waals surface area contributed by atoms with Crippen LogP contribution in [0.25, 0.3) is 0 Å². The van der Waals surface area contributed by atoms with Gasteiger partial charge in [-0.2, -0.15) is 0 Å². The van der Waals surface area contributed by atoms with Crippen molar-refractivity contribution in [3.8, 4) is 5.75 Å². The van der Waals surface area contributed by atoms with Crippen molar-refractivity contribution in [3.05, 3.63) is 29.8 Å². The summed E-state index contributed by atoms with van der Waals surface area (Å²) in [5.41, 5.74) is 1.19. The van der Waals surface area contributed by atoms with Crippen LogP contribution >= 0.6 is 0 Å². The number of ether oxygens (including phenoxy) is 1. The highest BCUT2D eigenvalue weighted by atomic mass is 32.2. The summed E-state index contributed by atoms with van der Waals surface area (Å²) in [6.07, 6.45) is 0. The molecule has 0 aromatic heterocycles. The topological polar surface area (TPSA) is 38.3 Å². The molecule has 0 amide bonds. The second kappa shape index (κ2) is 5.65. The SMILES string of the molecule is COc1ccc(C2CS(=O)CC(C)CN2)cc1. The van der Waals surface area contributed by atoms with Crippen LogP contribution in [0.5, 0.6) is 5.75 Å². The summed E-state index contributed by atoms with van der Waals surface area (Å²) in [6.45, 7) is 3.07. The molecule has 1 saturated heterocycles. The summed E-state index contributed by atoms with van der Waals surface area (Å²) in [5.74, 6) is 2.85. The van der Waals surface area contributed by atoms with E-state index in [0.717, 1.165) is 18.0 Å². The third kappa shape index (κ3) is 3.30. The molecule has 4 heteroatoms. The van der Waals surface area contributed by atoms with Gasteiger partial charge in [-0.1, -0.05) is 19.1 Å². The minimum absolute atomic E-state index is 0.201. The van der Waals surface area contributed by atoms with Crippen molar-refractivity contribution in [2.24, 2.45) is 5.92 Å². The van der Waals surface area contributed by atoms with Crippen molar-refractivity contribution in [1.82, 2.24) is 5.32 Å². The van der Waals surface area contributed by atoms with E-state index >= 15 is 0 Å². The first-order valence-corrected chi connectivity index (χ1v) is 7.40. The van der Waals surface area contributed by atoms with E-state index in [4.69, 9.17) is 4.74 Å². The highest BCUT2D eigenvalue weighted by molar-refractivity contribution is 7.85. The summed E-state index contributed by atoms with van der Waals surface area (Å²) in [5, 5.41) is 3.48. The van der Waals surface area contributed by atoms with Gasteiger partial charge in [0.1, 0.15) is 5.75 Å². The van der Waals surface area contributed by atoms with E-state index in [2.05, 4.69) is 12.2 Å². The average molecular weight is 253 g/mol. The van der Waals surface area contributed by atoms with Crippen molar-refractivity contribution < 1.29 is 8.95 Å². The number of benzene rings is 1. The zero-order valence-electron chi connectivity index (χ0n) is 10.3. The molecular formula is C13H19NO2S. The molecule has 0 spiro atoms. The Morgan fingerprint density at radius 2 is 2.00 bits per heavy atom. The maximum atomic E-state index is 11.8. The first-order valence-electron chi connectivity index (χ1n) is 5.91.